The lowest BCUT2D eigenvalue weighted by Crippen LogP contribution is -2.37. The van der Waals surface area contributed by atoms with Gasteiger partial charge in [0.2, 0.25) is 0 Å². The van der Waals surface area contributed by atoms with E-state index in [4.69, 9.17) is 9.47 Å². The van der Waals surface area contributed by atoms with Crippen molar-refractivity contribution >= 4 is 17.5 Å². The Morgan fingerprint density at radius 2 is 2.31 bits per heavy atom. The SMILES string of the molecule is CCN(C(=O)OCC1CCCN1C)c1ccc2c(c1)N(Cc1c[nH]cn1)CCO2. The average molecular weight is 399 g/mol. The summed E-state index contributed by atoms with van der Waals surface area (Å²) in [6.45, 7) is 6.09. The minimum Gasteiger partial charge on any atom is -0.490 e. The molecule has 156 valence electrons. The van der Waals surface area contributed by atoms with E-state index in [0.717, 1.165) is 48.7 Å². The molecule has 0 radical (unpaired) electrons. The highest BCUT2D eigenvalue weighted by Gasteiger charge is 2.25. The average Bonchev–Trinajstić information content (AvgIpc) is 3.39. The molecule has 2 aliphatic rings. The number of nitrogens with zero attached hydrogens (tertiary/aromatic N) is 4. The Morgan fingerprint density at radius 3 is 3.03 bits per heavy atom. The Hall–Kier alpha value is -2.74. The second kappa shape index (κ2) is 8.73. The Labute approximate surface area is 171 Å². The molecule has 1 N–H and O–H groups in total. The number of likely N-dealkylation sites (tertiary alicyclic amines) is 1. The maximum atomic E-state index is 12.8. The molecule has 0 spiro atoms. The number of carbonyl (C=O) groups excluding carboxylic acids is 1. The van der Waals surface area contributed by atoms with E-state index in [1.165, 1.54) is 0 Å². The Bertz CT molecular complexity index is 826. The summed E-state index contributed by atoms with van der Waals surface area (Å²) < 4.78 is 11.5. The van der Waals surface area contributed by atoms with Gasteiger partial charge in [0.25, 0.3) is 0 Å². The summed E-state index contributed by atoms with van der Waals surface area (Å²) in [5.41, 5.74) is 2.75. The lowest BCUT2D eigenvalue weighted by Gasteiger charge is -2.32. The van der Waals surface area contributed by atoms with Gasteiger partial charge in [-0.25, -0.2) is 9.78 Å². The van der Waals surface area contributed by atoms with E-state index in [0.29, 0.717) is 32.3 Å². The van der Waals surface area contributed by atoms with E-state index in [1.54, 1.807) is 11.2 Å². The topological polar surface area (TPSA) is 73.9 Å². The zero-order chi connectivity index (χ0) is 20.2. The highest BCUT2D eigenvalue weighted by molar-refractivity contribution is 5.89. The van der Waals surface area contributed by atoms with E-state index in [1.807, 2.05) is 31.3 Å². The lowest BCUT2D eigenvalue weighted by molar-refractivity contribution is 0.121. The summed E-state index contributed by atoms with van der Waals surface area (Å²) in [7, 11) is 2.08. The number of anilines is 2. The maximum absolute atomic E-state index is 12.8. The van der Waals surface area contributed by atoms with Crippen molar-refractivity contribution in [1.29, 1.82) is 0 Å². The molecule has 1 fully saturated rings. The number of hydrogen-bond donors (Lipinski definition) is 1. The molecule has 3 heterocycles. The number of aromatic amines is 1. The van der Waals surface area contributed by atoms with E-state index < -0.39 is 0 Å². The van der Waals surface area contributed by atoms with Gasteiger partial charge in [-0.05, 0) is 51.6 Å². The fourth-order valence-electron chi connectivity index (χ4n) is 4.02. The van der Waals surface area contributed by atoms with Crippen LogP contribution in [0.2, 0.25) is 0 Å². The number of benzene rings is 1. The number of amides is 1. The van der Waals surface area contributed by atoms with Gasteiger partial charge in [-0.15, -0.1) is 0 Å². The molecule has 8 nitrogen and oxygen atoms in total. The van der Waals surface area contributed by atoms with E-state index in [9.17, 15) is 4.79 Å². The van der Waals surface area contributed by atoms with Crippen LogP contribution < -0.4 is 14.5 Å². The summed E-state index contributed by atoms with van der Waals surface area (Å²) in [6.07, 6.45) is 5.52. The first-order chi connectivity index (χ1) is 14.2. The van der Waals surface area contributed by atoms with Crippen molar-refractivity contribution < 1.29 is 14.3 Å². The predicted molar refractivity (Wildman–Crippen MR) is 112 cm³/mol. The van der Waals surface area contributed by atoms with Crippen LogP contribution in [0.25, 0.3) is 0 Å². The minimum atomic E-state index is -0.302. The van der Waals surface area contributed by atoms with Crippen molar-refractivity contribution in [3.63, 3.8) is 0 Å². The number of imidazole rings is 1. The number of rotatable bonds is 6. The van der Waals surface area contributed by atoms with Crippen LogP contribution in [0.3, 0.4) is 0 Å². The van der Waals surface area contributed by atoms with Gasteiger partial charge in [0.1, 0.15) is 19.0 Å². The third-order valence-corrected chi connectivity index (χ3v) is 5.73. The quantitative estimate of drug-likeness (QED) is 0.805. The molecule has 4 rings (SSSR count). The summed E-state index contributed by atoms with van der Waals surface area (Å²) in [4.78, 5) is 26.3. The third-order valence-electron chi connectivity index (χ3n) is 5.73. The van der Waals surface area contributed by atoms with Gasteiger partial charge < -0.3 is 24.3 Å². The molecule has 1 atom stereocenters. The summed E-state index contributed by atoms with van der Waals surface area (Å²) in [5.74, 6) is 0.826. The third kappa shape index (κ3) is 4.32. The second-order valence-corrected chi connectivity index (χ2v) is 7.58. The highest BCUT2D eigenvalue weighted by atomic mass is 16.6. The van der Waals surface area contributed by atoms with Crippen molar-refractivity contribution in [2.24, 2.45) is 0 Å². The maximum Gasteiger partial charge on any atom is 0.414 e. The molecule has 0 aliphatic carbocycles. The Balaban J connectivity index is 1.48. The number of nitrogens with one attached hydrogen (secondary N) is 1. The summed E-state index contributed by atoms with van der Waals surface area (Å²) in [5, 5.41) is 0. The van der Waals surface area contributed by atoms with Crippen LogP contribution in [-0.2, 0) is 11.3 Å². The van der Waals surface area contributed by atoms with E-state index in [-0.39, 0.29) is 6.09 Å². The van der Waals surface area contributed by atoms with Crippen LogP contribution in [-0.4, -0.2) is 66.9 Å². The van der Waals surface area contributed by atoms with Crippen LogP contribution in [0.4, 0.5) is 16.2 Å². The van der Waals surface area contributed by atoms with Gasteiger partial charge in [-0.1, -0.05) is 0 Å². The summed E-state index contributed by atoms with van der Waals surface area (Å²) >= 11 is 0. The Kier molecular flexibility index (Phi) is 5.89. The Morgan fingerprint density at radius 1 is 1.41 bits per heavy atom. The molecule has 2 aliphatic heterocycles. The zero-order valence-corrected chi connectivity index (χ0v) is 17.1. The minimum absolute atomic E-state index is 0.302. The van der Waals surface area contributed by atoms with Crippen molar-refractivity contribution in [2.45, 2.75) is 32.4 Å². The van der Waals surface area contributed by atoms with Crippen LogP contribution >= 0.6 is 0 Å². The second-order valence-electron chi connectivity index (χ2n) is 7.58. The first-order valence-corrected chi connectivity index (χ1v) is 10.3. The van der Waals surface area contributed by atoms with Crippen molar-refractivity contribution in [1.82, 2.24) is 14.9 Å². The molecule has 0 bridgehead atoms. The van der Waals surface area contributed by atoms with Crippen LogP contribution in [0.1, 0.15) is 25.5 Å². The molecule has 29 heavy (non-hydrogen) atoms. The molecule has 1 aromatic heterocycles. The van der Waals surface area contributed by atoms with Gasteiger partial charge in [-0.3, -0.25) is 4.90 Å². The number of hydrogen-bond acceptors (Lipinski definition) is 6. The van der Waals surface area contributed by atoms with Crippen LogP contribution in [0.15, 0.2) is 30.7 Å². The van der Waals surface area contributed by atoms with Gasteiger partial charge in [-0.2, -0.15) is 0 Å². The first kappa shape index (κ1) is 19.6. The summed E-state index contributed by atoms with van der Waals surface area (Å²) in [6, 6.07) is 6.18. The molecule has 1 amide bonds. The highest BCUT2D eigenvalue weighted by Crippen LogP contribution is 2.36. The monoisotopic (exact) mass is 399 g/mol. The van der Waals surface area contributed by atoms with Gasteiger partial charge in [0.05, 0.1) is 30.8 Å². The number of likely N-dealkylation sites (N-methyl/N-ethyl adjacent to an activating group) is 1. The molecule has 1 aromatic carbocycles. The molecule has 1 saturated heterocycles. The first-order valence-electron chi connectivity index (χ1n) is 10.3. The van der Waals surface area contributed by atoms with Gasteiger partial charge in [0, 0.05) is 24.5 Å². The molecule has 2 aromatic rings. The normalized spacial score (nSPS) is 19.0. The van der Waals surface area contributed by atoms with Gasteiger partial charge in [0.15, 0.2) is 0 Å². The van der Waals surface area contributed by atoms with E-state index in [2.05, 4.69) is 26.8 Å². The standard InChI is InChI=1S/C21H29N5O3/c1-3-26(21(27)29-14-18-5-4-8-24(18)2)17-6-7-20-19(11-17)25(9-10-28-20)13-16-12-22-15-23-16/h6-7,11-12,15,18H,3-5,8-10,13-14H2,1-2H3,(H,22,23). The van der Waals surface area contributed by atoms with Crippen LogP contribution in [0.5, 0.6) is 5.75 Å². The molecule has 1 unspecified atom stereocenters. The van der Waals surface area contributed by atoms with Crippen molar-refractivity contribution in [2.75, 3.05) is 49.7 Å². The molecular weight excluding hydrogens is 370 g/mol. The molecular formula is C21H29N5O3. The van der Waals surface area contributed by atoms with E-state index >= 15 is 0 Å². The number of H-pyrrole nitrogens is 1. The largest absolute Gasteiger partial charge is 0.490 e. The van der Waals surface area contributed by atoms with Crippen LogP contribution in [0, 0.1) is 0 Å². The zero-order valence-electron chi connectivity index (χ0n) is 17.1. The number of aromatic nitrogens is 2. The van der Waals surface area contributed by atoms with Gasteiger partial charge >= 0.3 is 6.09 Å². The fourth-order valence-corrected chi connectivity index (χ4v) is 4.02. The predicted octanol–water partition coefficient (Wildman–Crippen LogP) is 2.87. The number of ether oxygens (including phenoxy) is 2. The molecule has 0 saturated carbocycles. The number of fused-ring (bicyclic) bond motifs is 1. The number of carbonyl (C=O) groups is 1. The van der Waals surface area contributed by atoms with Crippen molar-refractivity contribution in [3.8, 4) is 5.75 Å². The lowest BCUT2D eigenvalue weighted by atomic mass is 10.2. The smallest absolute Gasteiger partial charge is 0.414 e. The fraction of sp³-hybridized carbons (Fsp3) is 0.524. The molecule has 8 heteroatoms. The van der Waals surface area contributed by atoms with Crippen molar-refractivity contribution in [3.05, 3.63) is 36.4 Å².